The van der Waals surface area contributed by atoms with Crippen molar-refractivity contribution in [2.24, 2.45) is 5.92 Å². The number of hydrogen-bond donors (Lipinski definition) is 2. The van der Waals surface area contributed by atoms with Gasteiger partial charge in [0.1, 0.15) is 0 Å². The van der Waals surface area contributed by atoms with Gasteiger partial charge in [-0.05, 0) is 25.5 Å². The predicted molar refractivity (Wildman–Crippen MR) is 76.9 cm³/mol. The lowest BCUT2D eigenvalue weighted by molar-refractivity contribution is -0.126. The Morgan fingerprint density at radius 2 is 2.14 bits per heavy atom. The number of carbonyl (C=O) groups is 3. The molecular formula is C15H18N2O4. The zero-order chi connectivity index (χ0) is 15.4. The number of hydrogen-bond acceptors (Lipinski definition) is 4. The number of rotatable bonds is 3. The van der Waals surface area contributed by atoms with Crippen LogP contribution in [0.5, 0.6) is 0 Å². The number of aryl methyl sites for hydroxylation is 1. The van der Waals surface area contributed by atoms with Gasteiger partial charge in [0.25, 0.3) is 0 Å². The molecule has 1 aromatic carbocycles. The summed E-state index contributed by atoms with van der Waals surface area (Å²) in [5, 5.41) is 5.41. The first-order chi connectivity index (χ1) is 10.0. The van der Waals surface area contributed by atoms with Crippen molar-refractivity contribution in [3.05, 3.63) is 29.3 Å². The Bertz CT molecular complexity index is 573. The van der Waals surface area contributed by atoms with Gasteiger partial charge in [0.15, 0.2) is 0 Å². The summed E-state index contributed by atoms with van der Waals surface area (Å²) in [6, 6.07) is 5.16. The Kier molecular flexibility index (Phi) is 4.57. The molecule has 1 aromatic rings. The second-order valence-corrected chi connectivity index (χ2v) is 5.07. The zero-order valence-corrected chi connectivity index (χ0v) is 12.1. The van der Waals surface area contributed by atoms with Crippen molar-refractivity contribution in [3.63, 3.8) is 0 Å². The topological polar surface area (TPSA) is 84.5 Å². The van der Waals surface area contributed by atoms with E-state index in [1.807, 2.05) is 13.0 Å². The van der Waals surface area contributed by atoms with Gasteiger partial charge in [-0.25, -0.2) is 4.79 Å². The van der Waals surface area contributed by atoms with Crippen molar-refractivity contribution in [2.75, 3.05) is 19.0 Å². The van der Waals surface area contributed by atoms with Crippen LogP contribution in [0.15, 0.2) is 18.2 Å². The van der Waals surface area contributed by atoms with Crippen molar-refractivity contribution in [3.8, 4) is 0 Å². The summed E-state index contributed by atoms with van der Waals surface area (Å²) in [4.78, 5) is 35.1. The van der Waals surface area contributed by atoms with Gasteiger partial charge in [-0.2, -0.15) is 0 Å². The van der Waals surface area contributed by atoms with Gasteiger partial charge in [-0.3, -0.25) is 9.59 Å². The summed E-state index contributed by atoms with van der Waals surface area (Å²) < 4.78 is 4.73. The molecule has 1 aliphatic rings. The third kappa shape index (κ3) is 3.59. The molecule has 6 nitrogen and oxygen atoms in total. The highest BCUT2D eigenvalue weighted by Crippen LogP contribution is 2.20. The van der Waals surface area contributed by atoms with Crippen molar-refractivity contribution in [1.82, 2.24) is 5.32 Å². The van der Waals surface area contributed by atoms with Gasteiger partial charge < -0.3 is 15.4 Å². The summed E-state index contributed by atoms with van der Waals surface area (Å²) >= 11 is 0. The van der Waals surface area contributed by atoms with Gasteiger partial charge in [-0.15, -0.1) is 0 Å². The predicted octanol–water partition coefficient (Wildman–Crippen LogP) is 1.25. The van der Waals surface area contributed by atoms with Gasteiger partial charge >= 0.3 is 5.97 Å². The molecule has 2 N–H and O–H groups in total. The molecule has 6 heteroatoms. The van der Waals surface area contributed by atoms with Crippen LogP contribution >= 0.6 is 0 Å². The SMILES string of the molecule is COC(=O)c1cc(C)ccc1NC(=O)C1CCC(=O)NC1. The maximum Gasteiger partial charge on any atom is 0.339 e. The molecule has 1 unspecified atom stereocenters. The molecule has 21 heavy (non-hydrogen) atoms. The Morgan fingerprint density at radius 1 is 1.38 bits per heavy atom. The maximum absolute atomic E-state index is 12.2. The monoisotopic (exact) mass is 290 g/mol. The molecule has 1 heterocycles. The second kappa shape index (κ2) is 6.39. The molecule has 0 radical (unpaired) electrons. The highest BCUT2D eigenvalue weighted by molar-refractivity contribution is 6.02. The van der Waals surface area contributed by atoms with Crippen LogP contribution in [-0.2, 0) is 14.3 Å². The lowest BCUT2D eigenvalue weighted by Gasteiger charge is -2.22. The van der Waals surface area contributed by atoms with Gasteiger partial charge in [0.2, 0.25) is 11.8 Å². The van der Waals surface area contributed by atoms with Gasteiger partial charge in [0.05, 0.1) is 24.3 Å². The van der Waals surface area contributed by atoms with Crippen LogP contribution in [0.3, 0.4) is 0 Å². The molecule has 1 fully saturated rings. The summed E-state index contributed by atoms with van der Waals surface area (Å²) in [7, 11) is 1.30. The fourth-order valence-corrected chi connectivity index (χ4v) is 2.24. The molecule has 2 rings (SSSR count). The van der Waals surface area contributed by atoms with Crippen LogP contribution in [0.2, 0.25) is 0 Å². The van der Waals surface area contributed by atoms with Gasteiger partial charge in [-0.1, -0.05) is 11.6 Å². The molecule has 1 atom stereocenters. The van der Waals surface area contributed by atoms with E-state index in [4.69, 9.17) is 4.74 Å². The number of nitrogens with one attached hydrogen (secondary N) is 2. The fraction of sp³-hybridized carbons (Fsp3) is 0.400. The Labute approximate surface area is 122 Å². The summed E-state index contributed by atoms with van der Waals surface area (Å²) in [5.41, 5.74) is 1.65. The average Bonchev–Trinajstić information content (AvgIpc) is 2.48. The third-order valence-electron chi connectivity index (χ3n) is 3.47. The van der Waals surface area contributed by atoms with Crippen LogP contribution in [0.4, 0.5) is 5.69 Å². The van der Waals surface area contributed by atoms with E-state index < -0.39 is 5.97 Å². The van der Waals surface area contributed by atoms with Crippen molar-refractivity contribution in [1.29, 1.82) is 0 Å². The zero-order valence-electron chi connectivity index (χ0n) is 12.1. The Balaban J connectivity index is 2.13. The summed E-state index contributed by atoms with van der Waals surface area (Å²) in [5.74, 6) is -1.02. The number of piperidine rings is 1. The fourth-order valence-electron chi connectivity index (χ4n) is 2.24. The number of anilines is 1. The first-order valence-corrected chi connectivity index (χ1v) is 6.78. The lowest BCUT2D eigenvalue weighted by atomic mass is 9.98. The van der Waals surface area contributed by atoms with E-state index in [9.17, 15) is 14.4 Å². The van der Waals surface area contributed by atoms with Crippen LogP contribution < -0.4 is 10.6 Å². The third-order valence-corrected chi connectivity index (χ3v) is 3.47. The van der Waals surface area contributed by atoms with E-state index in [2.05, 4.69) is 10.6 Å². The van der Waals surface area contributed by atoms with Crippen LogP contribution in [0.25, 0.3) is 0 Å². The molecule has 112 valence electrons. The van der Waals surface area contributed by atoms with Crippen molar-refractivity contribution >= 4 is 23.5 Å². The Hall–Kier alpha value is -2.37. The molecule has 0 bridgehead atoms. The van der Waals surface area contributed by atoms with E-state index in [0.29, 0.717) is 30.6 Å². The van der Waals surface area contributed by atoms with E-state index in [-0.39, 0.29) is 17.7 Å². The van der Waals surface area contributed by atoms with Crippen molar-refractivity contribution in [2.45, 2.75) is 19.8 Å². The second-order valence-electron chi connectivity index (χ2n) is 5.07. The molecule has 1 aliphatic heterocycles. The minimum absolute atomic E-state index is 0.0374. The number of amides is 2. The number of carbonyl (C=O) groups excluding carboxylic acids is 3. The number of ether oxygens (including phenoxy) is 1. The molecule has 0 aliphatic carbocycles. The molecule has 1 saturated heterocycles. The summed E-state index contributed by atoms with van der Waals surface area (Å²) in [6.07, 6.45) is 0.854. The minimum Gasteiger partial charge on any atom is -0.465 e. The van der Waals surface area contributed by atoms with Crippen molar-refractivity contribution < 1.29 is 19.1 Å². The smallest absolute Gasteiger partial charge is 0.339 e. The van der Waals surface area contributed by atoms with E-state index in [0.717, 1.165) is 5.56 Å². The van der Waals surface area contributed by atoms with E-state index in [1.54, 1.807) is 12.1 Å². The standard InChI is InChI=1S/C15H18N2O4/c1-9-3-5-12(11(7-9)15(20)21-2)17-14(19)10-4-6-13(18)16-8-10/h3,5,7,10H,4,6,8H2,1-2H3,(H,16,18)(H,17,19). The van der Waals surface area contributed by atoms with Crippen LogP contribution in [0, 0.1) is 12.8 Å². The highest BCUT2D eigenvalue weighted by Gasteiger charge is 2.25. The molecule has 0 spiro atoms. The van der Waals surface area contributed by atoms with Crippen LogP contribution in [-0.4, -0.2) is 31.4 Å². The van der Waals surface area contributed by atoms with E-state index in [1.165, 1.54) is 7.11 Å². The first kappa shape index (κ1) is 15.0. The Morgan fingerprint density at radius 3 is 2.76 bits per heavy atom. The van der Waals surface area contributed by atoms with Gasteiger partial charge in [0, 0.05) is 13.0 Å². The summed E-state index contributed by atoms with van der Waals surface area (Å²) in [6.45, 7) is 2.18. The quantitative estimate of drug-likeness (QED) is 0.820. The van der Waals surface area contributed by atoms with E-state index >= 15 is 0 Å². The number of methoxy groups -OCH3 is 1. The number of benzene rings is 1. The largest absolute Gasteiger partial charge is 0.465 e. The highest BCUT2D eigenvalue weighted by atomic mass is 16.5. The molecule has 0 aromatic heterocycles. The molecule has 0 saturated carbocycles. The molecular weight excluding hydrogens is 272 g/mol. The lowest BCUT2D eigenvalue weighted by Crippen LogP contribution is -2.40. The number of esters is 1. The van der Waals surface area contributed by atoms with Crippen LogP contribution in [0.1, 0.15) is 28.8 Å². The average molecular weight is 290 g/mol. The molecule has 2 amide bonds. The normalized spacial score (nSPS) is 17.8. The maximum atomic E-state index is 12.2. The first-order valence-electron chi connectivity index (χ1n) is 6.78. The minimum atomic E-state index is -0.494.